The van der Waals surface area contributed by atoms with Crippen LogP contribution >= 0.6 is 0 Å². The number of carbonyl (C=O) groups excluding carboxylic acids is 2. The quantitative estimate of drug-likeness (QED) is 0.760. The van der Waals surface area contributed by atoms with Gasteiger partial charge in [0.1, 0.15) is 0 Å². The smallest absolute Gasteiger partial charge is 0.315 e. The second-order valence-electron chi connectivity index (χ2n) is 9.23. The van der Waals surface area contributed by atoms with E-state index in [0.717, 1.165) is 19.3 Å². The molecule has 1 aromatic carbocycles. The van der Waals surface area contributed by atoms with E-state index < -0.39 is 0 Å². The lowest BCUT2D eigenvalue weighted by molar-refractivity contribution is -0.131. The number of fused-ring (bicyclic) bond motifs is 1. The highest BCUT2D eigenvalue weighted by atomic mass is 16.2. The summed E-state index contributed by atoms with van der Waals surface area (Å²) in [6, 6.07) is 8.34. The van der Waals surface area contributed by atoms with Crippen LogP contribution in [0.15, 0.2) is 24.3 Å². The zero-order chi connectivity index (χ0) is 19.7. The Hall–Kier alpha value is -2.08. The molecule has 1 saturated carbocycles. The second kappa shape index (κ2) is 7.50. The molecule has 2 atom stereocenters. The van der Waals surface area contributed by atoms with Gasteiger partial charge in [0, 0.05) is 30.2 Å². The number of hydrogen-bond donors (Lipinski definition) is 3. The Morgan fingerprint density at radius 2 is 1.81 bits per heavy atom. The minimum absolute atomic E-state index is 0.128. The molecule has 1 heterocycles. The van der Waals surface area contributed by atoms with Gasteiger partial charge in [-0.25, -0.2) is 4.79 Å². The predicted octanol–water partition coefficient (Wildman–Crippen LogP) is 2.53. The SMILES string of the molecule is CC(C)(C)NC(=O)NC1(C)CCC(NCC(=O)N2Cc3ccccc3C2)C1. The van der Waals surface area contributed by atoms with Crippen molar-refractivity contribution in [2.45, 2.75) is 77.2 Å². The van der Waals surface area contributed by atoms with E-state index in [9.17, 15) is 9.59 Å². The number of rotatable bonds is 4. The maximum atomic E-state index is 12.6. The van der Waals surface area contributed by atoms with Crippen LogP contribution in [-0.4, -0.2) is 40.5 Å². The lowest BCUT2D eigenvalue weighted by Gasteiger charge is -2.29. The molecule has 1 aliphatic carbocycles. The molecule has 3 amide bonds. The Morgan fingerprint density at radius 3 is 2.41 bits per heavy atom. The molecule has 1 aliphatic heterocycles. The number of nitrogens with zero attached hydrogens (tertiary/aromatic N) is 1. The third-order valence-corrected chi connectivity index (χ3v) is 5.38. The third-order valence-electron chi connectivity index (χ3n) is 5.38. The van der Waals surface area contributed by atoms with Crippen LogP contribution in [0.2, 0.25) is 0 Å². The number of amides is 3. The molecule has 1 fully saturated rings. The van der Waals surface area contributed by atoms with Crippen LogP contribution in [0.1, 0.15) is 58.1 Å². The van der Waals surface area contributed by atoms with E-state index in [1.807, 2.05) is 37.8 Å². The third kappa shape index (κ3) is 5.22. The van der Waals surface area contributed by atoms with Gasteiger partial charge in [0.15, 0.2) is 0 Å². The molecule has 1 aromatic rings. The molecular weight excluding hydrogens is 340 g/mol. The Morgan fingerprint density at radius 1 is 1.19 bits per heavy atom. The number of urea groups is 1. The van der Waals surface area contributed by atoms with E-state index >= 15 is 0 Å². The zero-order valence-electron chi connectivity index (χ0n) is 16.9. The summed E-state index contributed by atoms with van der Waals surface area (Å²) < 4.78 is 0. The Balaban J connectivity index is 1.44. The van der Waals surface area contributed by atoms with Gasteiger partial charge in [-0.15, -0.1) is 0 Å². The molecule has 0 radical (unpaired) electrons. The molecule has 27 heavy (non-hydrogen) atoms. The van der Waals surface area contributed by atoms with Crippen molar-refractivity contribution < 1.29 is 9.59 Å². The van der Waals surface area contributed by atoms with Crippen LogP contribution in [0.3, 0.4) is 0 Å². The first-order valence-electron chi connectivity index (χ1n) is 9.82. The Kier molecular flexibility index (Phi) is 5.47. The minimum Gasteiger partial charge on any atom is -0.334 e. The van der Waals surface area contributed by atoms with E-state index in [0.29, 0.717) is 19.6 Å². The summed E-state index contributed by atoms with van der Waals surface area (Å²) in [4.78, 5) is 26.6. The standard InChI is InChI=1S/C21H32N4O2/c1-20(2,3)23-19(27)24-21(4)10-9-17(11-21)22-12-18(26)25-13-15-7-5-6-8-16(15)14-25/h5-8,17,22H,9-14H2,1-4H3,(H2,23,24,27). The van der Waals surface area contributed by atoms with Crippen molar-refractivity contribution in [3.8, 4) is 0 Å². The van der Waals surface area contributed by atoms with Gasteiger partial charge >= 0.3 is 6.03 Å². The monoisotopic (exact) mass is 372 g/mol. The largest absolute Gasteiger partial charge is 0.334 e. The normalized spacial score (nSPS) is 24.6. The topological polar surface area (TPSA) is 73.5 Å². The van der Waals surface area contributed by atoms with E-state index in [1.165, 1.54) is 11.1 Å². The first-order chi connectivity index (χ1) is 12.6. The number of hydrogen-bond acceptors (Lipinski definition) is 3. The van der Waals surface area contributed by atoms with Crippen LogP contribution in [-0.2, 0) is 17.9 Å². The van der Waals surface area contributed by atoms with Crippen molar-refractivity contribution in [2.75, 3.05) is 6.54 Å². The number of carbonyl (C=O) groups is 2. The van der Waals surface area contributed by atoms with Crippen LogP contribution in [0, 0.1) is 0 Å². The van der Waals surface area contributed by atoms with Crippen molar-refractivity contribution in [3.63, 3.8) is 0 Å². The van der Waals surface area contributed by atoms with Crippen molar-refractivity contribution in [3.05, 3.63) is 35.4 Å². The fourth-order valence-corrected chi connectivity index (χ4v) is 4.03. The molecule has 3 rings (SSSR count). The molecular formula is C21H32N4O2. The zero-order valence-corrected chi connectivity index (χ0v) is 16.9. The lowest BCUT2D eigenvalue weighted by Crippen LogP contribution is -2.54. The minimum atomic E-state index is -0.254. The fourth-order valence-electron chi connectivity index (χ4n) is 4.03. The van der Waals surface area contributed by atoms with Gasteiger partial charge in [-0.1, -0.05) is 24.3 Å². The maximum Gasteiger partial charge on any atom is 0.315 e. The van der Waals surface area contributed by atoms with Gasteiger partial charge < -0.3 is 20.9 Å². The molecule has 148 valence electrons. The summed E-state index contributed by atoms with van der Waals surface area (Å²) in [5.74, 6) is 0.137. The predicted molar refractivity (Wildman–Crippen MR) is 106 cm³/mol. The summed E-state index contributed by atoms with van der Waals surface area (Å²) in [5, 5.41) is 9.46. The second-order valence-corrected chi connectivity index (χ2v) is 9.23. The summed E-state index contributed by atoms with van der Waals surface area (Å²) in [7, 11) is 0. The molecule has 3 N–H and O–H groups in total. The summed E-state index contributed by atoms with van der Waals surface area (Å²) >= 11 is 0. The molecule has 2 unspecified atom stereocenters. The van der Waals surface area contributed by atoms with Gasteiger partial charge in [-0.2, -0.15) is 0 Å². The van der Waals surface area contributed by atoms with Crippen LogP contribution in [0.4, 0.5) is 4.79 Å². The fraction of sp³-hybridized carbons (Fsp3) is 0.619. The van der Waals surface area contributed by atoms with Gasteiger partial charge in [-0.3, -0.25) is 4.79 Å². The molecule has 2 aliphatic rings. The summed E-state index contributed by atoms with van der Waals surface area (Å²) in [6.45, 7) is 9.74. The molecule has 6 heteroatoms. The number of benzene rings is 1. The van der Waals surface area contributed by atoms with E-state index in [-0.39, 0.29) is 29.1 Å². The van der Waals surface area contributed by atoms with Crippen molar-refractivity contribution >= 4 is 11.9 Å². The summed E-state index contributed by atoms with van der Waals surface area (Å²) in [6.07, 6.45) is 2.70. The van der Waals surface area contributed by atoms with Crippen molar-refractivity contribution in [1.82, 2.24) is 20.9 Å². The summed E-state index contributed by atoms with van der Waals surface area (Å²) in [5.41, 5.74) is 2.00. The molecule has 0 aromatic heterocycles. The van der Waals surface area contributed by atoms with Gasteiger partial charge in [-0.05, 0) is 58.1 Å². The van der Waals surface area contributed by atoms with Gasteiger partial charge in [0.2, 0.25) is 5.91 Å². The maximum absolute atomic E-state index is 12.6. The van der Waals surface area contributed by atoms with E-state index in [1.54, 1.807) is 0 Å². The average molecular weight is 373 g/mol. The highest BCUT2D eigenvalue weighted by molar-refractivity contribution is 5.79. The molecule has 0 bridgehead atoms. The first-order valence-corrected chi connectivity index (χ1v) is 9.82. The Labute approximate surface area is 162 Å². The first kappa shape index (κ1) is 19.7. The highest BCUT2D eigenvalue weighted by Gasteiger charge is 2.37. The van der Waals surface area contributed by atoms with Crippen LogP contribution in [0.25, 0.3) is 0 Å². The van der Waals surface area contributed by atoms with Crippen molar-refractivity contribution in [1.29, 1.82) is 0 Å². The van der Waals surface area contributed by atoms with E-state index in [2.05, 4.69) is 35.0 Å². The van der Waals surface area contributed by atoms with Gasteiger partial charge in [0.25, 0.3) is 0 Å². The van der Waals surface area contributed by atoms with Crippen LogP contribution in [0.5, 0.6) is 0 Å². The molecule has 6 nitrogen and oxygen atoms in total. The average Bonchev–Trinajstić information content (AvgIpc) is 3.14. The molecule has 0 spiro atoms. The van der Waals surface area contributed by atoms with Crippen molar-refractivity contribution in [2.24, 2.45) is 0 Å². The van der Waals surface area contributed by atoms with Gasteiger partial charge in [0.05, 0.1) is 6.54 Å². The van der Waals surface area contributed by atoms with Crippen LogP contribution < -0.4 is 16.0 Å². The number of nitrogens with one attached hydrogen (secondary N) is 3. The highest BCUT2D eigenvalue weighted by Crippen LogP contribution is 2.30. The molecule has 0 saturated heterocycles. The van der Waals surface area contributed by atoms with E-state index in [4.69, 9.17) is 0 Å². The Bertz CT molecular complexity index is 687. The lowest BCUT2D eigenvalue weighted by atomic mass is 10.0.